The molecule has 0 N–H and O–H groups in total. The van der Waals surface area contributed by atoms with Crippen molar-refractivity contribution in [2.75, 3.05) is 0 Å². The first-order chi connectivity index (χ1) is 7.67. The molecular formula is C12H12Fe2NS2. The molecule has 2 aromatic rings. The first-order valence-electron chi connectivity index (χ1n) is 4.90. The summed E-state index contributed by atoms with van der Waals surface area (Å²) in [6.45, 7) is 0. The van der Waals surface area contributed by atoms with Crippen LogP contribution in [-0.2, 0) is 26.5 Å². The van der Waals surface area contributed by atoms with E-state index in [2.05, 4.69) is 16.1 Å². The van der Waals surface area contributed by atoms with E-state index in [4.69, 9.17) is 21.1 Å². The summed E-state index contributed by atoms with van der Waals surface area (Å²) in [5.74, 6) is 0. The fraction of sp³-hybridized carbons (Fsp3) is 0.167. The fourth-order valence-corrected chi connectivity index (χ4v) is 4.52. The van der Waals surface area contributed by atoms with Crippen molar-refractivity contribution < 1.29 is 26.5 Å². The molecule has 2 aromatic carbocycles. The van der Waals surface area contributed by atoms with E-state index in [1.54, 1.807) is 0 Å². The molecule has 0 bridgehead atoms. The van der Waals surface area contributed by atoms with Gasteiger partial charge in [-0.2, -0.15) is 18.2 Å². The summed E-state index contributed by atoms with van der Waals surface area (Å²) in [6, 6.07) is 18.6. The van der Waals surface area contributed by atoms with Crippen LogP contribution in [0.15, 0.2) is 58.6 Å². The van der Waals surface area contributed by atoms with Gasteiger partial charge in [-0.3, -0.25) is 0 Å². The average molecular weight is 346 g/mol. The zero-order valence-electron chi connectivity index (χ0n) is 8.95. The predicted molar refractivity (Wildman–Crippen MR) is 69.2 cm³/mol. The van der Waals surface area contributed by atoms with Gasteiger partial charge in [-0.25, -0.2) is 12.1 Å². The maximum absolute atomic E-state index is 5.10. The Morgan fingerprint density at radius 2 is 1.65 bits per heavy atom. The molecule has 0 aromatic heterocycles. The van der Waals surface area contributed by atoms with Gasteiger partial charge in [0, 0.05) is 0 Å². The van der Waals surface area contributed by atoms with Crippen molar-refractivity contribution in [3.63, 3.8) is 0 Å². The van der Waals surface area contributed by atoms with Gasteiger partial charge in [0.25, 0.3) is 0 Å². The smallest absolute Gasteiger partial charge is 0.172 e. The van der Waals surface area contributed by atoms with Crippen LogP contribution in [0.5, 0.6) is 0 Å². The first kappa shape index (κ1) is 15.0. The molecule has 1 aliphatic heterocycles. The summed E-state index contributed by atoms with van der Waals surface area (Å²) in [5.41, 5.74) is 1.28. The monoisotopic (exact) mass is 346 g/mol. The summed E-state index contributed by atoms with van der Waals surface area (Å²) < 4.78 is 4.35. The van der Waals surface area contributed by atoms with E-state index >= 15 is 0 Å². The van der Waals surface area contributed by atoms with Crippen molar-refractivity contribution in [3.8, 4) is 0 Å². The Labute approximate surface area is 122 Å². The van der Waals surface area contributed by atoms with Gasteiger partial charge in [-0.05, 0) is 0 Å². The minimum Gasteiger partial charge on any atom is -0.214 e. The minimum atomic E-state index is -1.75. The molecule has 1 unspecified atom stereocenters. The largest absolute Gasteiger partial charge is 0.214 e. The van der Waals surface area contributed by atoms with Crippen LogP contribution in [0.3, 0.4) is 0 Å². The number of nitrogens with zero attached hydrogens (tertiary/aromatic N) is 1. The zero-order chi connectivity index (χ0) is 11.4. The van der Waals surface area contributed by atoms with Crippen molar-refractivity contribution in [2.24, 2.45) is 3.96 Å². The van der Waals surface area contributed by atoms with Gasteiger partial charge < -0.3 is 0 Å². The Morgan fingerprint density at radius 3 is 2.00 bits per heavy atom. The quantitative estimate of drug-likeness (QED) is 0.541. The molecule has 1 nitrogen and oxygen atoms in total. The van der Waals surface area contributed by atoms with E-state index in [9.17, 15) is 0 Å². The average Bonchev–Trinajstić information content (AvgIpc) is 2.90. The van der Waals surface area contributed by atoms with Gasteiger partial charge in [0.2, 0.25) is 0 Å². The van der Waals surface area contributed by atoms with Crippen LogP contribution in [0.4, 0.5) is 0 Å². The molecule has 0 aliphatic carbocycles. The van der Waals surface area contributed by atoms with E-state index < -0.39 is 9.39 Å². The number of rotatable bonds is 1. The fourth-order valence-electron chi connectivity index (χ4n) is 1.40. The number of hydrogen-bond donors (Lipinski definition) is 0. The van der Waals surface area contributed by atoms with Crippen LogP contribution in [0, 0.1) is 0 Å². The van der Waals surface area contributed by atoms with Crippen LogP contribution in [0.1, 0.15) is 11.6 Å². The van der Waals surface area contributed by atoms with Crippen LogP contribution in [-0.4, -0.2) is 0 Å². The topological polar surface area (TPSA) is 12.4 Å². The summed E-state index contributed by atoms with van der Waals surface area (Å²) in [7, 11) is 8.44. The van der Waals surface area contributed by atoms with Gasteiger partial charge in [0.1, 0.15) is 0 Å². The number of hydrogen-bond acceptors (Lipinski definition) is 3. The molecule has 1 aliphatic rings. The van der Waals surface area contributed by atoms with E-state index in [1.165, 1.54) is 5.56 Å². The Bertz CT molecular complexity index is 564. The molecule has 0 saturated carbocycles. The van der Waals surface area contributed by atoms with Crippen LogP contribution in [0.2, 0.25) is 5.32 Å². The Morgan fingerprint density at radius 1 is 1.12 bits per heavy atom. The second kappa shape index (κ2) is 6.79. The second-order valence-corrected chi connectivity index (χ2v) is 10.4. The van der Waals surface area contributed by atoms with E-state index in [-0.39, 0.29) is 17.1 Å². The van der Waals surface area contributed by atoms with Gasteiger partial charge in [-0.15, -0.1) is 0 Å². The maximum atomic E-state index is 5.10. The maximum Gasteiger partial charge on any atom is -0.172 e. The molecular weight excluding hydrogens is 334 g/mol. The Balaban J connectivity index is 0.000000205. The van der Waals surface area contributed by atoms with E-state index in [1.807, 2.05) is 42.5 Å². The standard InChI is InChI=1S/C7H7N.C5H5.2Fe.2S/c1-6(8)7-4-2-3-5-7;1-2-4-5-3-1;;;;/h2-6H,1H2;1-5H;;;;/q2*-1;;+2;;. The molecule has 0 saturated heterocycles. The van der Waals surface area contributed by atoms with Crippen molar-refractivity contribution in [2.45, 2.75) is 11.4 Å². The third-order valence-electron chi connectivity index (χ3n) is 2.20. The normalized spacial score (nSPS) is 19.9. The summed E-state index contributed by atoms with van der Waals surface area (Å²) in [5, 5.41) is 0.960. The van der Waals surface area contributed by atoms with Crippen molar-refractivity contribution in [3.05, 3.63) is 60.2 Å². The third kappa shape index (κ3) is 4.63. The molecule has 1 atom stereocenters. The van der Waals surface area contributed by atoms with Gasteiger partial charge in [0.05, 0.1) is 0 Å². The summed E-state index contributed by atoms with van der Waals surface area (Å²) in [4.78, 5) is 0. The molecule has 1 heterocycles. The molecule has 0 amide bonds. The molecule has 0 spiro atoms. The molecule has 3 rings (SSSR count). The third-order valence-corrected chi connectivity index (χ3v) is 5.56. The van der Waals surface area contributed by atoms with Crippen molar-refractivity contribution >= 4 is 21.1 Å². The minimum absolute atomic E-state index is 0. The molecule has 0 radical (unpaired) electrons. The van der Waals surface area contributed by atoms with Crippen LogP contribution >= 0.6 is 21.1 Å². The zero-order valence-corrected chi connectivity index (χ0v) is 12.8. The summed E-state index contributed by atoms with van der Waals surface area (Å²) >= 11 is 0. The van der Waals surface area contributed by atoms with Gasteiger partial charge in [0.15, 0.2) is 0 Å². The predicted octanol–water partition coefficient (Wildman–Crippen LogP) is 4.84. The molecule has 0 fully saturated rings. The van der Waals surface area contributed by atoms with Gasteiger partial charge >= 0.3 is 92.7 Å². The van der Waals surface area contributed by atoms with E-state index in [0.29, 0.717) is 6.04 Å². The molecule has 5 heteroatoms. The van der Waals surface area contributed by atoms with Crippen molar-refractivity contribution in [1.29, 1.82) is 0 Å². The van der Waals surface area contributed by atoms with E-state index in [0.717, 1.165) is 5.32 Å². The summed E-state index contributed by atoms with van der Waals surface area (Å²) in [6.07, 6.45) is 0. The van der Waals surface area contributed by atoms with Crippen LogP contribution < -0.4 is 0 Å². The Hall–Kier alpha value is -0.0210. The Kier molecular flexibility index (Phi) is 6.01. The molecule has 93 valence electrons. The second-order valence-electron chi connectivity index (χ2n) is 3.44. The van der Waals surface area contributed by atoms with Crippen LogP contribution in [0.25, 0.3) is 0 Å². The first-order valence-corrected chi connectivity index (χ1v) is 9.45. The van der Waals surface area contributed by atoms with Crippen molar-refractivity contribution in [1.82, 2.24) is 0 Å². The SMILES string of the molecule is [Fe+2].[S]=[Fe]1(=[S])=[N]C([c-]2cccc2)[CH2]1.c1cc[cH-]c1. The van der Waals surface area contributed by atoms with Gasteiger partial charge in [-0.1, -0.05) is 0 Å². The molecule has 17 heavy (non-hydrogen) atoms.